The first-order valence-electron chi connectivity index (χ1n) is 7.71. The molecule has 0 saturated heterocycles. The SMILES string of the molecule is CC(C)COc1ccc2ncc(-c3cc4c(=O)[nH]ccc4o3)n2n1. The highest BCUT2D eigenvalue weighted by Crippen LogP contribution is 2.26. The van der Waals surface area contributed by atoms with Crippen LogP contribution in [0.25, 0.3) is 28.1 Å². The predicted molar refractivity (Wildman–Crippen MR) is 89.1 cm³/mol. The van der Waals surface area contributed by atoms with Crippen LogP contribution in [-0.4, -0.2) is 26.2 Å². The van der Waals surface area contributed by atoms with E-state index in [2.05, 4.69) is 28.9 Å². The van der Waals surface area contributed by atoms with E-state index in [0.29, 0.717) is 46.5 Å². The largest absolute Gasteiger partial charge is 0.476 e. The molecule has 4 aromatic heterocycles. The third-order valence-corrected chi connectivity index (χ3v) is 3.61. The molecule has 1 N–H and O–H groups in total. The van der Waals surface area contributed by atoms with Gasteiger partial charge in [0, 0.05) is 12.3 Å². The number of imidazole rings is 1. The van der Waals surface area contributed by atoms with Crippen LogP contribution in [0, 0.1) is 5.92 Å². The van der Waals surface area contributed by atoms with Crippen LogP contribution in [0.15, 0.2) is 45.9 Å². The third-order valence-electron chi connectivity index (χ3n) is 3.61. The molecule has 0 amide bonds. The first-order valence-corrected chi connectivity index (χ1v) is 7.71. The highest BCUT2D eigenvalue weighted by Gasteiger charge is 2.14. The van der Waals surface area contributed by atoms with Gasteiger partial charge in [-0.1, -0.05) is 13.8 Å². The molecule has 0 saturated carbocycles. The van der Waals surface area contributed by atoms with Gasteiger partial charge in [-0.15, -0.1) is 5.10 Å². The van der Waals surface area contributed by atoms with Crippen molar-refractivity contribution in [2.75, 3.05) is 6.61 Å². The van der Waals surface area contributed by atoms with Crippen LogP contribution < -0.4 is 10.3 Å². The van der Waals surface area contributed by atoms with E-state index in [1.54, 1.807) is 35.1 Å². The zero-order valence-corrected chi connectivity index (χ0v) is 13.3. The molecule has 0 aliphatic carbocycles. The summed E-state index contributed by atoms with van der Waals surface area (Å²) in [4.78, 5) is 18.8. The molecular formula is C17H16N4O3. The summed E-state index contributed by atoms with van der Waals surface area (Å²) in [5, 5.41) is 4.96. The van der Waals surface area contributed by atoms with E-state index in [0.717, 1.165) is 0 Å². The zero-order valence-electron chi connectivity index (χ0n) is 13.3. The number of aromatic amines is 1. The molecule has 122 valence electrons. The van der Waals surface area contributed by atoms with Gasteiger partial charge in [0.15, 0.2) is 11.4 Å². The fraction of sp³-hybridized carbons (Fsp3) is 0.235. The lowest BCUT2D eigenvalue weighted by Crippen LogP contribution is -2.07. The smallest absolute Gasteiger partial charge is 0.259 e. The Bertz CT molecular complexity index is 1070. The van der Waals surface area contributed by atoms with Crippen LogP contribution in [0.1, 0.15) is 13.8 Å². The minimum Gasteiger partial charge on any atom is -0.476 e. The van der Waals surface area contributed by atoms with Crippen molar-refractivity contribution in [2.45, 2.75) is 13.8 Å². The highest BCUT2D eigenvalue weighted by molar-refractivity contribution is 5.81. The average molecular weight is 324 g/mol. The monoisotopic (exact) mass is 324 g/mol. The second-order valence-corrected chi connectivity index (χ2v) is 5.99. The Morgan fingerprint density at radius 3 is 3.00 bits per heavy atom. The topological polar surface area (TPSA) is 85.4 Å². The van der Waals surface area contributed by atoms with Gasteiger partial charge in [0.05, 0.1) is 18.2 Å². The minimum atomic E-state index is -0.190. The van der Waals surface area contributed by atoms with Gasteiger partial charge in [-0.05, 0) is 24.1 Å². The molecule has 0 aromatic carbocycles. The number of furan rings is 1. The van der Waals surface area contributed by atoms with Crippen LogP contribution in [0.2, 0.25) is 0 Å². The molecule has 7 nitrogen and oxygen atoms in total. The van der Waals surface area contributed by atoms with E-state index in [-0.39, 0.29) is 5.56 Å². The molecule has 7 heteroatoms. The van der Waals surface area contributed by atoms with Crippen molar-refractivity contribution < 1.29 is 9.15 Å². The number of aromatic nitrogens is 4. The molecule has 0 radical (unpaired) electrons. The van der Waals surface area contributed by atoms with Gasteiger partial charge >= 0.3 is 0 Å². The average Bonchev–Trinajstić information content (AvgIpc) is 3.16. The number of hydrogen-bond donors (Lipinski definition) is 1. The van der Waals surface area contributed by atoms with Gasteiger partial charge in [-0.25, -0.2) is 9.50 Å². The normalized spacial score (nSPS) is 11.6. The van der Waals surface area contributed by atoms with Gasteiger partial charge in [-0.3, -0.25) is 4.79 Å². The lowest BCUT2D eigenvalue weighted by molar-refractivity contribution is 0.258. The quantitative estimate of drug-likeness (QED) is 0.624. The molecule has 0 unspecified atom stereocenters. The number of ether oxygens (including phenoxy) is 1. The van der Waals surface area contributed by atoms with Gasteiger partial charge in [0.25, 0.3) is 5.56 Å². The van der Waals surface area contributed by atoms with Gasteiger partial charge in [0.2, 0.25) is 5.88 Å². The van der Waals surface area contributed by atoms with Crippen LogP contribution in [0.3, 0.4) is 0 Å². The number of hydrogen-bond acceptors (Lipinski definition) is 5. The van der Waals surface area contributed by atoms with E-state index in [1.165, 1.54) is 0 Å². The van der Waals surface area contributed by atoms with Crippen LogP contribution >= 0.6 is 0 Å². The van der Waals surface area contributed by atoms with Crippen LogP contribution in [0.5, 0.6) is 5.88 Å². The Kier molecular flexibility index (Phi) is 3.34. The first-order chi connectivity index (χ1) is 11.6. The fourth-order valence-electron chi connectivity index (χ4n) is 2.46. The summed E-state index contributed by atoms with van der Waals surface area (Å²) in [5.74, 6) is 1.46. The standard InChI is InChI=1S/C17H16N4O3/c1-10(2)9-23-16-4-3-15-19-8-12(21(15)20-16)14-7-11-13(24-14)5-6-18-17(11)22/h3-8,10H,9H2,1-2H3,(H,18,22). The van der Waals surface area contributed by atoms with Crippen molar-refractivity contribution in [3.05, 3.63) is 47.0 Å². The molecule has 24 heavy (non-hydrogen) atoms. The molecule has 0 spiro atoms. The van der Waals surface area contributed by atoms with E-state index in [9.17, 15) is 4.79 Å². The summed E-state index contributed by atoms with van der Waals surface area (Å²) < 4.78 is 13.1. The van der Waals surface area contributed by atoms with E-state index < -0.39 is 0 Å². The number of pyridine rings is 1. The molecule has 4 rings (SSSR count). The molecule has 0 aliphatic rings. The summed E-state index contributed by atoms with van der Waals surface area (Å²) in [5.41, 5.74) is 1.67. The Hall–Kier alpha value is -3.09. The second-order valence-electron chi connectivity index (χ2n) is 5.99. The molecular weight excluding hydrogens is 308 g/mol. The fourth-order valence-corrected chi connectivity index (χ4v) is 2.46. The highest BCUT2D eigenvalue weighted by atomic mass is 16.5. The van der Waals surface area contributed by atoms with Crippen molar-refractivity contribution in [2.24, 2.45) is 5.92 Å². The summed E-state index contributed by atoms with van der Waals surface area (Å²) in [6.45, 7) is 4.74. The van der Waals surface area contributed by atoms with Crippen LogP contribution in [-0.2, 0) is 0 Å². The lowest BCUT2D eigenvalue weighted by atomic mass is 10.2. The molecule has 0 atom stereocenters. The summed E-state index contributed by atoms with van der Waals surface area (Å²) in [7, 11) is 0. The van der Waals surface area contributed by atoms with E-state index in [4.69, 9.17) is 9.15 Å². The van der Waals surface area contributed by atoms with Crippen LogP contribution in [0.4, 0.5) is 0 Å². The summed E-state index contributed by atoms with van der Waals surface area (Å²) in [6, 6.07) is 7.04. The van der Waals surface area contributed by atoms with Crippen molar-refractivity contribution in [1.29, 1.82) is 0 Å². The van der Waals surface area contributed by atoms with Crippen molar-refractivity contribution in [1.82, 2.24) is 19.6 Å². The lowest BCUT2D eigenvalue weighted by Gasteiger charge is -2.07. The number of nitrogens with zero attached hydrogens (tertiary/aromatic N) is 3. The first kappa shape index (κ1) is 14.5. The Balaban J connectivity index is 1.81. The zero-order chi connectivity index (χ0) is 16.7. The Labute approximate surface area is 136 Å². The van der Waals surface area contributed by atoms with Crippen molar-refractivity contribution in [3.8, 4) is 17.3 Å². The molecule has 4 heterocycles. The molecule has 4 aromatic rings. The minimum absolute atomic E-state index is 0.190. The number of H-pyrrole nitrogens is 1. The van der Waals surface area contributed by atoms with Gasteiger partial charge in [-0.2, -0.15) is 0 Å². The molecule has 0 fully saturated rings. The van der Waals surface area contributed by atoms with E-state index >= 15 is 0 Å². The predicted octanol–water partition coefficient (Wildman–Crippen LogP) is 2.87. The summed E-state index contributed by atoms with van der Waals surface area (Å²) >= 11 is 0. The third kappa shape index (κ3) is 2.44. The number of fused-ring (bicyclic) bond motifs is 2. The summed E-state index contributed by atoms with van der Waals surface area (Å²) in [6.07, 6.45) is 3.23. The van der Waals surface area contributed by atoms with Crippen molar-refractivity contribution in [3.63, 3.8) is 0 Å². The Morgan fingerprint density at radius 1 is 1.33 bits per heavy atom. The van der Waals surface area contributed by atoms with Gasteiger partial charge in [0.1, 0.15) is 11.3 Å². The maximum absolute atomic E-state index is 11.9. The maximum atomic E-state index is 11.9. The number of rotatable bonds is 4. The Morgan fingerprint density at radius 2 is 2.21 bits per heavy atom. The maximum Gasteiger partial charge on any atom is 0.259 e. The van der Waals surface area contributed by atoms with Gasteiger partial charge < -0.3 is 14.1 Å². The van der Waals surface area contributed by atoms with E-state index in [1.807, 2.05) is 6.07 Å². The van der Waals surface area contributed by atoms with Crippen molar-refractivity contribution >= 4 is 16.6 Å². The second kappa shape index (κ2) is 5.52. The molecule has 0 aliphatic heterocycles. The molecule has 0 bridgehead atoms. The number of nitrogens with one attached hydrogen (secondary N) is 1.